The Morgan fingerprint density at radius 3 is 2.86 bits per heavy atom. The Morgan fingerprint density at radius 1 is 1.38 bits per heavy atom. The fraction of sp³-hybridized carbons (Fsp3) is 0.333. The highest BCUT2D eigenvalue weighted by atomic mass is 32.1. The highest BCUT2D eigenvalue weighted by molar-refractivity contribution is 7.07. The van der Waals surface area contributed by atoms with E-state index in [1.54, 1.807) is 17.0 Å². The molecule has 0 bridgehead atoms. The number of hydrogen-bond donors (Lipinski definition) is 1. The SMILES string of the molecule is O=C(NC1(c2cccc(F)c2)CCOCC1)c1cscn1. The van der Waals surface area contributed by atoms with Crippen LogP contribution in [0.2, 0.25) is 0 Å². The van der Waals surface area contributed by atoms with Crippen LogP contribution in [0.25, 0.3) is 0 Å². The van der Waals surface area contributed by atoms with Crippen molar-refractivity contribution in [2.75, 3.05) is 13.2 Å². The van der Waals surface area contributed by atoms with Crippen LogP contribution >= 0.6 is 11.3 Å². The Balaban J connectivity index is 1.91. The minimum absolute atomic E-state index is 0.234. The molecular weight excluding hydrogens is 291 g/mol. The molecule has 1 saturated heterocycles. The van der Waals surface area contributed by atoms with Gasteiger partial charge in [-0.25, -0.2) is 9.37 Å². The van der Waals surface area contributed by atoms with Gasteiger partial charge in [-0.1, -0.05) is 12.1 Å². The van der Waals surface area contributed by atoms with Gasteiger partial charge in [0.05, 0.1) is 11.0 Å². The van der Waals surface area contributed by atoms with Crippen LogP contribution in [0.4, 0.5) is 4.39 Å². The summed E-state index contributed by atoms with van der Waals surface area (Å²) in [5, 5.41) is 4.74. The molecule has 1 fully saturated rings. The van der Waals surface area contributed by atoms with Crippen molar-refractivity contribution in [1.82, 2.24) is 10.3 Å². The monoisotopic (exact) mass is 306 g/mol. The number of carbonyl (C=O) groups excluding carboxylic acids is 1. The number of thiazole rings is 1. The maximum Gasteiger partial charge on any atom is 0.271 e. The number of nitrogens with zero attached hydrogens (tertiary/aromatic N) is 1. The lowest BCUT2D eigenvalue weighted by molar-refractivity contribution is 0.0343. The Morgan fingerprint density at radius 2 is 2.19 bits per heavy atom. The molecular formula is C15H15FN2O2S. The molecule has 0 saturated carbocycles. The summed E-state index contributed by atoms with van der Waals surface area (Å²) >= 11 is 1.37. The van der Waals surface area contributed by atoms with Crippen molar-refractivity contribution in [1.29, 1.82) is 0 Å². The predicted molar refractivity (Wildman–Crippen MR) is 77.7 cm³/mol. The molecule has 1 amide bonds. The summed E-state index contributed by atoms with van der Waals surface area (Å²) in [7, 11) is 0. The van der Waals surface area contributed by atoms with Crippen LogP contribution in [0.1, 0.15) is 28.9 Å². The second-order valence-corrected chi connectivity index (χ2v) is 5.75. The number of halogens is 1. The summed E-state index contributed by atoms with van der Waals surface area (Å²) in [4.78, 5) is 16.4. The molecule has 0 unspecified atom stereocenters. The second kappa shape index (κ2) is 5.91. The van der Waals surface area contributed by atoms with E-state index in [1.807, 2.05) is 6.07 Å². The summed E-state index contributed by atoms with van der Waals surface area (Å²) in [6.45, 7) is 1.07. The van der Waals surface area contributed by atoms with E-state index in [0.717, 1.165) is 5.56 Å². The minimum atomic E-state index is -0.596. The zero-order valence-corrected chi connectivity index (χ0v) is 12.2. The van der Waals surface area contributed by atoms with Crippen molar-refractivity contribution in [3.63, 3.8) is 0 Å². The normalized spacial score (nSPS) is 17.4. The first-order valence-electron chi connectivity index (χ1n) is 6.74. The molecule has 6 heteroatoms. The number of rotatable bonds is 3. The van der Waals surface area contributed by atoms with E-state index in [-0.39, 0.29) is 11.7 Å². The van der Waals surface area contributed by atoms with Crippen LogP contribution in [0.15, 0.2) is 35.2 Å². The maximum absolute atomic E-state index is 13.5. The predicted octanol–water partition coefficient (Wildman–Crippen LogP) is 2.72. The fourth-order valence-electron chi connectivity index (χ4n) is 2.60. The van der Waals surface area contributed by atoms with E-state index in [2.05, 4.69) is 10.3 Å². The number of nitrogens with one attached hydrogen (secondary N) is 1. The van der Waals surface area contributed by atoms with Crippen molar-refractivity contribution in [3.8, 4) is 0 Å². The standard InChI is InChI=1S/C15H15FN2O2S/c16-12-3-1-2-11(8-12)15(4-6-20-7-5-15)18-14(19)13-9-21-10-17-13/h1-3,8-10H,4-7H2,(H,18,19). The number of hydrogen-bond acceptors (Lipinski definition) is 4. The Kier molecular flexibility index (Phi) is 3.98. The smallest absolute Gasteiger partial charge is 0.271 e. The number of carbonyl (C=O) groups is 1. The molecule has 4 nitrogen and oxygen atoms in total. The second-order valence-electron chi connectivity index (χ2n) is 5.03. The van der Waals surface area contributed by atoms with Gasteiger partial charge in [0.1, 0.15) is 11.5 Å². The van der Waals surface area contributed by atoms with Gasteiger partial charge in [-0.05, 0) is 30.5 Å². The maximum atomic E-state index is 13.5. The first-order valence-corrected chi connectivity index (χ1v) is 7.68. The van der Waals surface area contributed by atoms with E-state index in [1.165, 1.54) is 23.5 Å². The van der Waals surface area contributed by atoms with E-state index in [9.17, 15) is 9.18 Å². The van der Waals surface area contributed by atoms with Gasteiger partial charge in [0, 0.05) is 18.6 Å². The van der Waals surface area contributed by atoms with Crippen molar-refractivity contribution in [2.45, 2.75) is 18.4 Å². The highest BCUT2D eigenvalue weighted by Crippen LogP contribution is 2.32. The molecule has 1 aliphatic rings. The van der Waals surface area contributed by atoms with Gasteiger partial charge in [0.25, 0.3) is 5.91 Å². The van der Waals surface area contributed by atoms with E-state index < -0.39 is 5.54 Å². The van der Waals surface area contributed by atoms with Crippen LogP contribution in [-0.4, -0.2) is 24.1 Å². The van der Waals surface area contributed by atoms with Gasteiger partial charge in [0.15, 0.2) is 0 Å². The Hall–Kier alpha value is -1.79. The topological polar surface area (TPSA) is 51.2 Å². The molecule has 2 aromatic rings. The molecule has 0 atom stereocenters. The summed E-state index contributed by atoms with van der Waals surface area (Å²) in [6.07, 6.45) is 1.23. The quantitative estimate of drug-likeness (QED) is 0.948. The molecule has 1 aromatic carbocycles. The fourth-order valence-corrected chi connectivity index (χ4v) is 3.13. The van der Waals surface area contributed by atoms with E-state index >= 15 is 0 Å². The molecule has 110 valence electrons. The molecule has 0 aliphatic carbocycles. The molecule has 1 aromatic heterocycles. The van der Waals surface area contributed by atoms with Crippen LogP contribution in [0, 0.1) is 5.82 Å². The van der Waals surface area contributed by atoms with Crippen LogP contribution in [-0.2, 0) is 10.3 Å². The van der Waals surface area contributed by atoms with Crippen LogP contribution in [0.3, 0.4) is 0 Å². The van der Waals surface area contributed by atoms with Crippen molar-refractivity contribution in [2.24, 2.45) is 0 Å². The molecule has 1 N–H and O–H groups in total. The minimum Gasteiger partial charge on any atom is -0.381 e. The summed E-state index contributed by atoms with van der Waals surface area (Å²) in [5.41, 5.74) is 2.19. The first-order chi connectivity index (χ1) is 10.2. The Labute approximate surface area is 126 Å². The third-order valence-corrected chi connectivity index (χ3v) is 4.33. The first kappa shape index (κ1) is 14.2. The van der Waals surface area contributed by atoms with Crippen LogP contribution < -0.4 is 5.32 Å². The summed E-state index contributed by atoms with van der Waals surface area (Å²) in [6, 6.07) is 6.39. The van der Waals surface area contributed by atoms with Crippen LogP contribution in [0.5, 0.6) is 0 Å². The lowest BCUT2D eigenvalue weighted by Gasteiger charge is -2.38. The van der Waals surface area contributed by atoms with Gasteiger partial charge < -0.3 is 10.1 Å². The van der Waals surface area contributed by atoms with Gasteiger partial charge in [-0.3, -0.25) is 4.79 Å². The van der Waals surface area contributed by atoms with Crippen molar-refractivity contribution in [3.05, 3.63) is 52.2 Å². The molecule has 21 heavy (non-hydrogen) atoms. The van der Waals surface area contributed by atoms with Gasteiger partial charge in [-0.15, -0.1) is 11.3 Å². The largest absolute Gasteiger partial charge is 0.381 e. The highest BCUT2D eigenvalue weighted by Gasteiger charge is 2.36. The third-order valence-electron chi connectivity index (χ3n) is 3.74. The van der Waals surface area contributed by atoms with Crippen molar-refractivity contribution >= 4 is 17.2 Å². The molecule has 1 aliphatic heterocycles. The van der Waals surface area contributed by atoms with E-state index in [0.29, 0.717) is 31.7 Å². The average molecular weight is 306 g/mol. The zero-order valence-electron chi connectivity index (χ0n) is 11.3. The third kappa shape index (κ3) is 2.96. The van der Waals surface area contributed by atoms with Gasteiger partial charge in [0.2, 0.25) is 0 Å². The molecule has 3 rings (SSSR count). The lowest BCUT2D eigenvalue weighted by atomic mass is 9.82. The average Bonchev–Trinajstić information content (AvgIpc) is 3.02. The number of amides is 1. The number of ether oxygens (including phenoxy) is 1. The van der Waals surface area contributed by atoms with E-state index in [4.69, 9.17) is 4.74 Å². The molecule has 0 spiro atoms. The number of benzene rings is 1. The van der Waals surface area contributed by atoms with Gasteiger partial charge >= 0.3 is 0 Å². The number of aromatic nitrogens is 1. The van der Waals surface area contributed by atoms with Crippen molar-refractivity contribution < 1.29 is 13.9 Å². The Bertz CT molecular complexity index is 624. The molecule has 2 heterocycles. The van der Waals surface area contributed by atoms with Gasteiger partial charge in [-0.2, -0.15) is 0 Å². The zero-order chi connectivity index (χ0) is 14.7. The summed E-state index contributed by atoms with van der Waals surface area (Å²) in [5.74, 6) is -0.538. The summed E-state index contributed by atoms with van der Waals surface area (Å²) < 4.78 is 18.9. The molecule has 0 radical (unpaired) electrons. The lowest BCUT2D eigenvalue weighted by Crippen LogP contribution is -2.49.